The number of halogens is 3. The summed E-state index contributed by atoms with van der Waals surface area (Å²) >= 11 is 0. The minimum Gasteiger partial charge on any atom is -0.171 e. The largest absolute Gasteiger partial charge is 0.391 e. The molecule has 90 valence electrons. The molecule has 0 aliphatic heterocycles. The second-order valence-corrected chi connectivity index (χ2v) is 4.38. The third-order valence-electron chi connectivity index (χ3n) is 3.09. The number of rotatable bonds is 0. The normalized spacial score (nSPS) is 24.2. The van der Waals surface area contributed by atoms with Crippen molar-refractivity contribution < 1.29 is 13.2 Å². The van der Waals surface area contributed by atoms with E-state index in [1.807, 2.05) is 30.3 Å². The Hall–Kier alpha value is -1.43. The monoisotopic (exact) mass is 238 g/mol. The summed E-state index contributed by atoms with van der Waals surface area (Å²) in [6.07, 6.45) is -3.12. The van der Waals surface area contributed by atoms with Crippen LogP contribution in [0.2, 0.25) is 0 Å². The average molecular weight is 238 g/mol. The van der Waals surface area contributed by atoms with E-state index in [-0.39, 0.29) is 18.8 Å². The molecule has 17 heavy (non-hydrogen) atoms. The van der Waals surface area contributed by atoms with E-state index in [1.54, 1.807) is 0 Å². The van der Waals surface area contributed by atoms with Gasteiger partial charge in [0.1, 0.15) is 0 Å². The lowest BCUT2D eigenvalue weighted by atomic mass is 10.0. The highest BCUT2D eigenvalue weighted by atomic mass is 19.4. The van der Waals surface area contributed by atoms with Crippen LogP contribution >= 0.6 is 0 Å². The van der Waals surface area contributed by atoms with Crippen molar-refractivity contribution in [3.63, 3.8) is 0 Å². The Kier molecular flexibility index (Phi) is 3.42. The molecule has 3 heteroatoms. The topological polar surface area (TPSA) is 0 Å². The maximum absolute atomic E-state index is 12.4. The van der Waals surface area contributed by atoms with E-state index in [9.17, 15) is 13.2 Å². The van der Waals surface area contributed by atoms with E-state index >= 15 is 0 Å². The summed E-state index contributed by atoms with van der Waals surface area (Å²) in [6.45, 7) is 0. The molecule has 0 N–H and O–H groups in total. The molecule has 2 unspecified atom stereocenters. The molecule has 0 bridgehead atoms. The lowest BCUT2D eigenvalue weighted by Gasteiger charge is -2.12. The Morgan fingerprint density at radius 1 is 1.06 bits per heavy atom. The summed E-state index contributed by atoms with van der Waals surface area (Å²) in [5.74, 6) is 4.63. The van der Waals surface area contributed by atoms with Gasteiger partial charge in [-0.2, -0.15) is 13.2 Å². The van der Waals surface area contributed by atoms with Crippen molar-refractivity contribution in [2.45, 2.75) is 25.4 Å². The molecule has 1 aromatic carbocycles. The highest BCUT2D eigenvalue weighted by molar-refractivity contribution is 5.34. The van der Waals surface area contributed by atoms with Crippen molar-refractivity contribution in [2.24, 2.45) is 11.8 Å². The van der Waals surface area contributed by atoms with Crippen LogP contribution in [0.5, 0.6) is 0 Å². The maximum atomic E-state index is 12.4. The van der Waals surface area contributed by atoms with Crippen molar-refractivity contribution in [3.05, 3.63) is 35.9 Å². The first-order valence-corrected chi connectivity index (χ1v) is 5.69. The van der Waals surface area contributed by atoms with Gasteiger partial charge in [0.05, 0.1) is 5.92 Å². The first-order valence-electron chi connectivity index (χ1n) is 5.69. The minimum absolute atomic E-state index is 0.109. The number of benzene rings is 1. The van der Waals surface area contributed by atoms with Gasteiger partial charge in [-0.25, -0.2) is 0 Å². The van der Waals surface area contributed by atoms with Gasteiger partial charge in [-0.1, -0.05) is 30.0 Å². The summed E-state index contributed by atoms with van der Waals surface area (Å²) in [7, 11) is 0. The van der Waals surface area contributed by atoms with E-state index in [0.29, 0.717) is 6.42 Å². The molecule has 1 saturated carbocycles. The zero-order valence-electron chi connectivity index (χ0n) is 9.30. The molecule has 0 radical (unpaired) electrons. The molecule has 0 nitrogen and oxygen atoms in total. The van der Waals surface area contributed by atoms with Gasteiger partial charge in [-0.15, -0.1) is 0 Å². The molecule has 1 fully saturated rings. The van der Waals surface area contributed by atoms with Crippen LogP contribution in [0.25, 0.3) is 0 Å². The summed E-state index contributed by atoms with van der Waals surface area (Å²) in [5, 5.41) is 0. The van der Waals surface area contributed by atoms with Crippen LogP contribution in [0.4, 0.5) is 13.2 Å². The molecular formula is C14H13F3. The number of alkyl halides is 3. The van der Waals surface area contributed by atoms with Gasteiger partial charge in [0.25, 0.3) is 0 Å². The summed E-state index contributed by atoms with van der Waals surface area (Å²) in [5.41, 5.74) is 0.864. The molecular weight excluding hydrogens is 225 g/mol. The van der Waals surface area contributed by atoms with Crippen molar-refractivity contribution in [1.82, 2.24) is 0 Å². The van der Waals surface area contributed by atoms with Crippen LogP contribution in [0.1, 0.15) is 24.8 Å². The van der Waals surface area contributed by atoms with Crippen LogP contribution in [0.3, 0.4) is 0 Å². The van der Waals surface area contributed by atoms with E-state index < -0.39 is 12.1 Å². The maximum Gasteiger partial charge on any atom is 0.391 e. The molecule has 0 aromatic heterocycles. The van der Waals surface area contributed by atoms with Crippen molar-refractivity contribution >= 4 is 0 Å². The first-order chi connectivity index (χ1) is 8.05. The molecule has 2 atom stereocenters. The van der Waals surface area contributed by atoms with Crippen molar-refractivity contribution in [1.29, 1.82) is 0 Å². The molecule has 0 amide bonds. The van der Waals surface area contributed by atoms with E-state index in [4.69, 9.17) is 0 Å². The fourth-order valence-electron chi connectivity index (χ4n) is 2.12. The smallest absolute Gasteiger partial charge is 0.171 e. The lowest BCUT2D eigenvalue weighted by molar-refractivity contribution is -0.172. The van der Waals surface area contributed by atoms with Crippen LogP contribution in [-0.4, -0.2) is 6.18 Å². The van der Waals surface area contributed by atoms with Gasteiger partial charge in [0.15, 0.2) is 0 Å². The Bertz CT molecular complexity index is 422. The van der Waals surface area contributed by atoms with Crippen LogP contribution < -0.4 is 0 Å². The van der Waals surface area contributed by atoms with Gasteiger partial charge >= 0.3 is 6.18 Å². The first kappa shape index (κ1) is 12.0. The van der Waals surface area contributed by atoms with Gasteiger partial charge in [0.2, 0.25) is 0 Å². The third kappa shape index (κ3) is 3.26. The zero-order valence-corrected chi connectivity index (χ0v) is 9.30. The summed E-state index contributed by atoms with van der Waals surface area (Å²) in [4.78, 5) is 0. The average Bonchev–Trinajstić information content (AvgIpc) is 2.76. The molecule has 1 aliphatic rings. The highest BCUT2D eigenvalue weighted by Crippen LogP contribution is 2.41. The Labute approximate surface area is 98.8 Å². The fourth-order valence-corrected chi connectivity index (χ4v) is 2.12. The lowest BCUT2D eigenvalue weighted by Crippen LogP contribution is -2.19. The third-order valence-corrected chi connectivity index (χ3v) is 3.09. The van der Waals surface area contributed by atoms with Gasteiger partial charge in [-0.3, -0.25) is 0 Å². The zero-order chi connectivity index (χ0) is 12.3. The van der Waals surface area contributed by atoms with Crippen LogP contribution in [0, 0.1) is 23.7 Å². The van der Waals surface area contributed by atoms with E-state index in [0.717, 1.165) is 5.56 Å². The Balaban J connectivity index is 1.97. The molecule has 2 rings (SSSR count). The van der Waals surface area contributed by atoms with E-state index in [2.05, 4.69) is 11.8 Å². The quantitative estimate of drug-likeness (QED) is 0.599. The molecule has 1 aliphatic carbocycles. The molecule has 1 aromatic rings. The second-order valence-electron chi connectivity index (χ2n) is 4.38. The second kappa shape index (κ2) is 4.83. The van der Waals surface area contributed by atoms with Crippen LogP contribution in [-0.2, 0) is 0 Å². The number of hydrogen-bond donors (Lipinski definition) is 0. The molecule has 0 spiro atoms. The van der Waals surface area contributed by atoms with Gasteiger partial charge in [0, 0.05) is 11.5 Å². The number of hydrogen-bond acceptors (Lipinski definition) is 0. The highest BCUT2D eigenvalue weighted by Gasteiger charge is 2.43. The van der Waals surface area contributed by atoms with E-state index in [1.165, 1.54) is 0 Å². The predicted molar refractivity (Wildman–Crippen MR) is 60.2 cm³/mol. The summed E-state index contributed by atoms with van der Waals surface area (Å²) < 4.78 is 37.3. The van der Waals surface area contributed by atoms with Gasteiger partial charge < -0.3 is 0 Å². The van der Waals surface area contributed by atoms with Crippen molar-refractivity contribution in [3.8, 4) is 11.8 Å². The molecule has 0 heterocycles. The standard InChI is InChI=1S/C14H13F3/c15-14(16,17)13-9-8-12(10-13)7-6-11-4-2-1-3-5-11/h1-5,12-13H,8-10H2. The minimum atomic E-state index is -4.05. The fraction of sp³-hybridized carbons (Fsp3) is 0.429. The van der Waals surface area contributed by atoms with Crippen LogP contribution in [0.15, 0.2) is 30.3 Å². The van der Waals surface area contributed by atoms with Gasteiger partial charge in [-0.05, 0) is 31.4 Å². The van der Waals surface area contributed by atoms with Crippen molar-refractivity contribution in [2.75, 3.05) is 0 Å². The summed E-state index contributed by atoms with van der Waals surface area (Å²) in [6, 6.07) is 9.36. The Morgan fingerprint density at radius 3 is 2.35 bits per heavy atom. The predicted octanol–water partition coefficient (Wildman–Crippen LogP) is 4.02. The SMILES string of the molecule is FC(F)(F)C1CCC(C#Cc2ccccc2)C1. The molecule has 0 saturated heterocycles. The Morgan fingerprint density at radius 2 is 1.76 bits per heavy atom.